The highest BCUT2D eigenvalue weighted by atomic mass is 16.2. The molecule has 136 valence electrons. The number of nitrogens with zero attached hydrogens (tertiary/aromatic N) is 4. The number of nitrogens with one attached hydrogen (secondary N) is 2. The summed E-state index contributed by atoms with van der Waals surface area (Å²) in [7, 11) is 1.88. The maximum Gasteiger partial charge on any atom is 0.318 e. The van der Waals surface area contributed by atoms with E-state index in [0.717, 1.165) is 49.2 Å². The molecule has 0 saturated carbocycles. The van der Waals surface area contributed by atoms with Crippen LogP contribution in [0.1, 0.15) is 67.2 Å². The molecule has 3 rings (SSSR count). The Balaban J connectivity index is 1.80. The number of likely N-dealkylation sites (tertiary alicyclic amines) is 1. The number of rotatable bonds is 3. The van der Waals surface area contributed by atoms with Gasteiger partial charge in [0.2, 0.25) is 0 Å². The monoisotopic (exact) mass is 344 g/mol. The van der Waals surface area contributed by atoms with E-state index in [1.807, 2.05) is 38.9 Å². The molecular formula is C18H28N6O. The Labute approximate surface area is 148 Å². The fourth-order valence-electron chi connectivity index (χ4n) is 3.72. The number of carbonyl (C=O) groups is 1. The van der Waals surface area contributed by atoms with Crippen molar-refractivity contribution in [2.75, 3.05) is 6.54 Å². The van der Waals surface area contributed by atoms with Crippen LogP contribution >= 0.6 is 0 Å². The number of carbonyl (C=O) groups excluding carboxylic acids is 1. The van der Waals surface area contributed by atoms with Crippen LogP contribution in [-0.4, -0.2) is 37.5 Å². The van der Waals surface area contributed by atoms with Gasteiger partial charge in [-0.2, -0.15) is 10.2 Å². The predicted molar refractivity (Wildman–Crippen MR) is 96.1 cm³/mol. The largest absolute Gasteiger partial charge is 0.331 e. The molecule has 0 unspecified atom stereocenters. The number of hydrogen-bond donors (Lipinski definition) is 2. The van der Waals surface area contributed by atoms with Gasteiger partial charge >= 0.3 is 6.03 Å². The molecule has 7 heteroatoms. The topological polar surface area (TPSA) is 78.8 Å². The molecule has 1 fully saturated rings. The lowest BCUT2D eigenvalue weighted by Gasteiger charge is -2.31. The summed E-state index contributed by atoms with van der Waals surface area (Å²) in [6.07, 6.45) is 8.06. The number of amides is 2. The second-order valence-corrected chi connectivity index (χ2v) is 7.02. The second kappa shape index (κ2) is 7.29. The van der Waals surface area contributed by atoms with E-state index in [1.165, 1.54) is 5.56 Å². The van der Waals surface area contributed by atoms with E-state index in [0.29, 0.717) is 0 Å². The molecule has 1 aliphatic heterocycles. The molecule has 25 heavy (non-hydrogen) atoms. The first-order valence-electron chi connectivity index (χ1n) is 9.04. The van der Waals surface area contributed by atoms with Gasteiger partial charge < -0.3 is 10.2 Å². The molecule has 2 N–H and O–H groups in total. The summed E-state index contributed by atoms with van der Waals surface area (Å²) in [5.74, 6) is 0. The fraction of sp³-hybridized carbons (Fsp3) is 0.611. The smallest absolute Gasteiger partial charge is 0.318 e. The quantitative estimate of drug-likeness (QED) is 0.898. The van der Waals surface area contributed by atoms with E-state index in [-0.39, 0.29) is 18.1 Å². The van der Waals surface area contributed by atoms with Gasteiger partial charge in [0.05, 0.1) is 24.0 Å². The lowest BCUT2D eigenvalue weighted by Crippen LogP contribution is -2.43. The molecule has 2 aromatic rings. The highest BCUT2D eigenvalue weighted by molar-refractivity contribution is 5.75. The standard InChI is InChI=1S/C18H28N6O/c1-12(15-10-19-23(4)11-15)20-18(25)24-9-7-5-6-8-16(24)17-13(2)21-22-14(17)3/h10-12,16H,5-9H2,1-4H3,(H,20,25)(H,21,22)/t12-,16-/m0/s1. The third-order valence-electron chi connectivity index (χ3n) is 5.10. The molecule has 0 bridgehead atoms. The Bertz CT molecular complexity index is 714. The molecule has 1 saturated heterocycles. The fourth-order valence-corrected chi connectivity index (χ4v) is 3.72. The van der Waals surface area contributed by atoms with Crippen LogP contribution < -0.4 is 5.32 Å². The number of aromatic amines is 1. The average molecular weight is 344 g/mol. The zero-order chi connectivity index (χ0) is 18.0. The minimum absolute atomic E-state index is 0.0109. The van der Waals surface area contributed by atoms with Crippen molar-refractivity contribution in [3.63, 3.8) is 0 Å². The van der Waals surface area contributed by atoms with E-state index < -0.39 is 0 Å². The van der Waals surface area contributed by atoms with E-state index in [9.17, 15) is 4.79 Å². The molecule has 2 amide bonds. The van der Waals surface area contributed by atoms with Crippen LogP contribution in [-0.2, 0) is 7.05 Å². The van der Waals surface area contributed by atoms with Gasteiger partial charge in [-0.3, -0.25) is 9.78 Å². The van der Waals surface area contributed by atoms with Crippen molar-refractivity contribution in [3.05, 3.63) is 34.9 Å². The lowest BCUT2D eigenvalue weighted by molar-refractivity contribution is 0.172. The zero-order valence-corrected chi connectivity index (χ0v) is 15.5. The van der Waals surface area contributed by atoms with Gasteiger partial charge in [0.1, 0.15) is 0 Å². The van der Waals surface area contributed by atoms with Gasteiger partial charge in [0, 0.05) is 36.6 Å². The van der Waals surface area contributed by atoms with E-state index in [4.69, 9.17) is 0 Å². The Hall–Kier alpha value is -2.31. The highest BCUT2D eigenvalue weighted by Gasteiger charge is 2.30. The average Bonchev–Trinajstić information content (AvgIpc) is 3.05. The molecular weight excluding hydrogens is 316 g/mol. The van der Waals surface area contributed by atoms with Gasteiger partial charge in [-0.25, -0.2) is 4.79 Å². The van der Waals surface area contributed by atoms with Crippen LogP contribution in [0.25, 0.3) is 0 Å². The first-order valence-corrected chi connectivity index (χ1v) is 9.04. The van der Waals surface area contributed by atoms with Gasteiger partial charge in [-0.05, 0) is 33.6 Å². The van der Waals surface area contributed by atoms with E-state index in [2.05, 4.69) is 20.6 Å². The van der Waals surface area contributed by atoms with Crippen LogP contribution in [0.3, 0.4) is 0 Å². The van der Waals surface area contributed by atoms with Crippen LogP contribution in [0.4, 0.5) is 4.79 Å². The van der Waals surface area contributed by atoms with Gasteiger partial charge in [-0.15, -0.1) is 0 Å². The molecule has 7 nitrogen and oxygen atoms in total. The summed E-state index contributed by atoms with van der Waals surface area (Å²) in [6.45, 7) is 6.82. The van der Waals surface area contributed by atoms with Crippen LogP contribution in [0.15, 0.2) is 12.4 Å². The Morgan fingerprint density at radius 3 is 2.80 bits per heavy atom. The summed E-state index contributed by atoms with van der Waals surface area (Å²) < 4.78 is 1.75. The predicted octanol–water partition coefficient (Wildman–Crippen LogP) is 3.15. The second-order valence-electron chi connectivity index (χ2n) is 7.02. The van der Waals surface area contributed by atoms with Gasteiger partial charge in [0.25, 0.3) is 0 Å². The maximum atomic E-state index is 13.0. The Kier molecular flexibility index (Phi) is 5.11. The maximum absolute atomic E-state index is 13.0. The third kappa shape index (κ3) is 3.70. The van der Waals surface area contributed by atoms with E-state index >= 15 is 0 Å². The number of urea groups is 1. The van der Waals surface area contributed by atoms with Crippen molar-refractivity contribution in [2.45, 2.75) is 58.5 Å². The number of aryl methyl sites for hydroxylation is 3. The molecule has 3 heterocycles. The van der Waals surface area contributed by atoms with Gasteiger partial charge in [-0.1, -0.05) is 12.8 Å². The number of H-pyrrole nitrogens is 1. The van der Waals surface area contributed by atoms with Crippen LogP contribution in [0.2, 0.25) is 0 Å². The first kappa shape index (κ1) is 17.5. The van der Waals surface area contributed by atoms with Crippen LogP contribution in [0, 0.1) is 13.8 Å². The number of hydrogen-bond acceptors (Lipinski definition) is 3. The lowest BCUT2D eigenvalue weighted by atomic mass is 9.99. The van der Waals surface area contributed by atoms with Crippen LogP contribution in [0.5, 0.6) is 0 Å². The zero-order valence-electron chi connectivity index (χ0n) is 15.5. The molecule has 1 aliphatic rings. The summed E-state index contributed by atoms with van der Waals surface area (Å²) in [6, 6.07) is 0.00208. The van der Waals surface area contributed by atoms with Crippen molar-refractivity contribution < 1.29 is 4.79 Å². The van der Waals surface area contributed by atoms with Crippen molar-refractivity contribution in [3.8, 4) is 0 Å². The number of aromatic nitrogens is 4. The summed E-state index contributed by atoms with van der Waals surface area (Å²) in [5.41, 5.74) is 4.23. The molecule has 2 aromatic heterocycles. The molecule has 2 atom stereocenters. The van der Waals surface area contributed by atoms with Crippen molar-refractivity contribution in [1.82, 2.24) is 30.2 Å². The summed E-state index contributed by atoms with van der Waals surface area (Å²) >= 11 is 0. The molecule has 0 aromatic carbocycles. The summed E-state index contributed by atoms with van der Waals surface area (Å²) in [4.78, 5) is 15.0. The van der Waals surface area contributed by atoms with Crippen molar-refractivity contribution in [1.29, 1.82) is 0 Å². The first-order chi connectivity index (χ1) is 12.0. The summed E-state index contributed by atoms with van der Waals surface area (Å²) in [5, 5.41) is 14.7. The van der Waals surface area contributed by atoms with E-state index in [1.54, 1.807) is 10.9 Å². The Morgan fingerprint density at radius 1 is 1.36 bits per heavy atom. The van der Waals surface area contributed by atoms with Gasteiger partial charge in [0.15, 0.2) is 0 Å². The normalized spacial score (nSPS) is 19.5. The molecule has 0 spiro atoms. The van der Waals surface area contributed by atoms with Crippen molar-refractivity contribution in [2.24, 2.45) is 7.05 Å². The third-order valence-corrected chi connectivity index (χ3v) is 5.10. The minimum atomic E-state index is -0.0725. The van der Waals surface area contributed by atoms with Crippen molar-refractivity contribution >= 4 is 6.03 Å². The molecule has 0 aliphatic carbocycles. The SMILES string of the molecule is Cc1n[nH]c(C)c1[C@@H]1CCCCCN1C(=O)N[C@@H](C)c1cnn(C)c1. The minimum Gasteiger partial charge on any atom is -0.331 e. The highest BCUT2D eigenvalue weighted by Crippen LogP contribution is 2.33. The Morgan fingerprint density at radius 2 is 2.16 bits per heavy atom. The molecule has 0 radical (unpaired) electrons.